The quantitative estimate of drug-likeness (QED) is 0.714. The second-order valence-corrected chi connectivity index (χ2v) is 3.82. The molecular formula is C13H14FN. The number of rotatable bonds is 2. The van der Waals surface area contributed by atoms with Crippen LogP contribution >= 0.6 is 0 Å². The Labute approximate surface area is 89.9 Å². The van der Waals surface area contributed by atoms with Gasteiger partial charge in [0.25, 0.3) is 0 Å². The van der Waals surface area contributed by atoms with Gasteiger partial charge in [-0.05, 0) is 30.2 Å². The van der Waals surface area contributed by atoms with Gasteiger partial charge in [0, 0.05) is 5.92 Å². The minimum atomic E-state index is -0.0975. The van der Waals surface area contributed by atoms with Gasteiger partial charge in [-0.15, -0.1) is 0 Å². The van der Waals surface area contributed by atoms with Crippen molar-refractivity contribution in [1.82, 2.24) is 0 Å². The lowest BCUT2D eigenvalue weighted by Crippen LogP contribution is -1.92. The summed E-state index contributed by atoms with van der Waals surface area (Å²) in [6, 6.07) is 8.98. The SMILES string of the molecule is C/C(=C(\F)C(C)C)c1ccc(C#N)cc1. The Balaban J connectivity index is 3.08. The van der Waals surface area contributed by atoms with Crippen molar-refractivity contribution < 1.29 is 4.39 Å². The van der Waals surface area contributed by atoms with Crippen LogP contribution in [0.4, 0.5) is 4.39 Å². The van der Waals surface area contributed by atoms with E-state index in [0.717, 1.165) is 5.56 Å². The maximum absolute atomic E-state index is 13.6. The van der Waals surface area contributed by atoms with Crippen LogP contribution in [0.25, 0.3) is 5.57 Å². The molecule has 0 aliphatic carbocycles. The lowest BCUT2D eigenvalue weighted by atomic mass is 10.0. The molecule has 0 atom stereocenters. The zero-order valence-electron chi connectivity index (χ0n) is 9.21. The summed E-state index contributed by atoms with van der Waals surface area (Å²) < 4.78 is 13.6. The third-order valence-corrected chi connectivity index (χ3v) is 2.31. The highest BCUT2D eigenvalue weighted by Crippen LogP contribution is 2.24. The molecule has 0 spiro atoms. The molecular weight excluding hydrogens is 189 g/mol. The molecule has 0 aliphatic heterocycles. The first-order chi connectivity index (χ1) is 7.06. The molecule has 0 amide bonds. The van der Waals surface area contributed by atoms with Crippen LogP contribution in [0.1, 0.15) is 31.9 Å². The average Bonchev–Trinajstić information content (AvgIpc) is 2.27. The van der Waals surface area contributed by atoms with Crippen LogP contribution < -0.4 is 0 Å². The number of nitrogens with zero attached hydrogens (tertiary/aromatic N) is 1. The molecule has 0 unspecified atom stereocenters. The van der Waals surface area contributed by atoms with Crippen molar-refractivity contribution >= 4 is 5.57 Å². The number of allylic oxidation sites excluding steroid dienone is 2. The van der Waals surface area contributed by atoms with E-state index in [9.17, 15) is 4.39 Å². The van der Waals surface area contributed by atoms with Crippen LogP contribution in [0, 0.1) is 17.2 Å². The summed E-state index contributed by atoms with van der Waals surface area (Å²) in [5.74, 6) is -0.194. The van der Waals surface area contributed by atoms with E-state index in [2.05, 4.69) is 0 Å². The summed E-state index contributed by atoms with van der Waals surface area (Å²) in [5.41, 5.74) is 2.08. The molecule has 0 saturated carbocycles. The molecule has 0 aliphatic rings. The molecule has 0 aromatic heterocycles. The van der Waals surface area contributed by atoms with Gasteiger partial charge < -0.3 is 0 Å². The smallest absolute Gasteiger partial charge is 0.106 e. The fourth-order valence-corrected chi connectivity index (χ4v) is 1.37. The van der Waals surface area contributed by atoms with Crippen LogP contribution in [0.2, 0.25) is 0 Å². The van der Waals surface area contributed by atoms with Gasteiger partial charge in [0.1, 0.15) is 5.83 Å². The maximum atomic E-state index is 13.6. The second-order valence-electron chi connectivity index (χ2n) is 3.82. The van der Waals surface area contributed by atoms with Crippen LogP contribution in [-0.4, -0.2) is 0 Å². The van der Waals surface area contributed by atoms with Gasteiger partial charge in [-0.25, -0.2) is 4.39 Å². The predicted molar refractivity (Wildman–Crippen MR) is 59.7 cm³/mol. The third kappa shape index (κ3) is 2.66. The van der Waals surface area contributed by atoms with Gasteiger partial charge in [0.05, 0.1) is 11.6 Å². The van der Waals surface area contributed by atoms with Crippen LogP contribution in [-0.2, 0) is 0 Å². The minimum absolute atomic E-state index is 0.0966. The Morgan fingerprint density at radius 1 is 1.27 bits per heavy atom. The van der Waals surface area contributed by atoms with Crippen molar-refractivity contribution in [1.29, 1.82) is 5.26 Å². The highest BCUT2D eigenvalue weighted by molar-refractivity contribution is 5.66. The number of nitriles is 1. The van der Waals surface area contributed by atoms with Crippen molar-refractivity contribution in [2.75, 3.05) is 0 Å². The molecule has 2 heteroatoms. The summed E-state index contributed by atoms with van der Waals surface area (Å²) in [5, 5.41) is 8.63. The number of benzene rings is 1. The van der Waals surface area contributed by atoms with Gasteiger partial charge in [-0.1, -0.05) is 26.0 Å². The highest BCUT2D eigenvalue weighted by Gasteiger charge is 2.08. The van der Waals surface area contributed by atoms with Crippen LogP contribution in [0.3, 0.4) is 0 Å². The Morgan fingerprint density at radius 2 is 1.80 bits per heavy atom. The van der Waals surface area contributed by atoms with E-state index < -0.39 is 0 Å². The van der Waals surface area contributed by atoms with Crippen molar-refractivity contribution in [2.24, 2.45) is 5.92 Å². The number of hydrogen-bond donors (Lipinski definition) is 0. The molecule has 1 aromatic carbocycles. The Kier molecular flexibility index (Phi) is 3.62. The average molecular weight is 203 g/mol. The minimum Gasteiger partial charge on any atom is -0.211 e. The third-order valence-electron chi connectivity index (χ3n) is 2.31. The Hall–Kier alpha value is -1.62. The first-order valence-corrected chi connectivity index (χ1v) is 4.93. The number of hydrogen-bond acceptors (Lipinski definition) is 1. The van der Waals surface area contributed by atoms with E-state index >= 15 is 0 Å². The molecule has 78 valence electrons. The summed E-state index contributed by atoms with van der Waals surface area (Å²) in [7, 11) is 0. The summed E-state index contributed by atoms with van der Waals surface area (Å²) in [6.45, 7) is 5.40. The predicted octanol–water partition coefficient (Wildman–Crippen LogP) is 3.91. The fraction of sp³-hybridized carbons (Fsp3) is 0.308. The summed E-state index contributed by atoms with van der Waals surface area (Å²) in [6.07, 6.45) is 0. The standard InChI is InChI=1S/C13H14FN/c1-9(2)13(14)10(3)12-6-4-11(8-15)5-7-12/h4-7,9H,1-3H3/b13-10+. The molecule has 0 radical (unpaired) electrons. The molecule has 15 heavy (non-hydrogen) atoms. The normalized spacial score (nSPS) is 12.3. The molecule has 1 nitrogen and oxygen atoms in total. The monoisotopic (exact) mass is 203 g/mol. The lowest BCUT2D eigenvalue weighted by Gasteiger charge is -2.07. The summed E-state index contributed by atoms with van der Waals surface area (Å²) in [4.78, 5) is 0. The Morgan fingerprint density at radius 3 is 2.20 bits per heavy atom. The van der Waals surface area contributed by atoms with Crippen molar-refractivity contribution in [2.45, 2.75) is 20.8 Å². The largest absolute Gasteiger partial charge is 0.211 e. The van der Waals surface area contributed by atoms with Gasteiger partial charge in [0.15, 0.2) is 0 Å². The van der Waals surface area contributed by atoms with E-state index in [1.807, 2.05) is 19.9 Å². The van der Waals surface area contributed by atoms with Crippen molar-refractivity contribution in [3.05, 3.63) is 41.2 Å². The van der Waals surface area contributed by atoms with Gasteiger partial charge >= 0.3 is 0 Å². The molecule has 1 rings (SSSR count). The van der Waals surface area contributed by atoms with E-state index in [-0.39, 0.29) is 11.7 Å². The van der Waals surface area contributed by atoms with Gasteiger partial charge in [-0.3, -0.25) is 0 Å². The zero-order chi connectivity index (χ0) is 11.4. The van der Waals surface area contributed by atoms with E-state index in [1.54, 1.807) is 31.2 Å². The number of halogens is 1. The van der Waals surface area contributed by atoms with Crippen LogP contribution in [0.15, 0.2) is 30.1 Å². The highest BCUT2D eigenvalue weighted by atomic mass is 19.1. The van der Waals surface area contributed by atoms with Crippen molar-refractivity contribution in [3.63, 3.8) is 0 Å². The van der Waals surface area contributed by atoms with Crippen molar-refractivity contribution in [3.8, 4) is 6.07 Å². The maximum Gasteiger partial charge on any atom is 0.106 e. The molecule has 0 saturated heterocycles. The zero-order valence-corrected chi connectivity index (χ0v) is 9.21. The lowest BCUT2D eigenvalue weighted by molar-refractivity contribution is 0.523. The summed E-state index contributed by atoms with van der Waals surface area (Å²) >= 11 is 0. The topological polar surface area (TPSA) is 23.8 Å². The first kappa shape index (κ1) is 11.5. The van der Waals surface area contributed by atoms with E-state index in [1.165, 1.54) is 0 Å². The van der Waals surface area contributed by atoms with E-state index in [4.69, 9.17) is 5.26 Å². The molecule has 0 fully saturated rings. The molecule has 0 N–H and O–H groups in total. The first-order valence-electron chi connectivity index (χ1n) is 4.93. The molecule has 0 heterocycles. The van der Waals surface area contributed by atoms with Gasteiger partial charge in [-0.2, -0.15) is 5.26 Å². The fourth-order valence-electron chi connectivity index (χ4n) is 1.37. The second kappa shape index (κ2) is 4.75. The van der Waals surface area contributed by atoms with Gasteiger partial charge in [0.2, 0.25) is 0 Å². The molecule has 1 aromatic rings. The van der Waals surface area contributed by atoms with E-state index in [0.29, 0.717) is 11.1 Å². The Bertz CT molecular complexity index is 407. The van der Waals surface area contributed by atoms with Crippen LogP contribution in [0.5, 0.6) is 0 Å². The molecule has 0 bridgehead atoms.